The predicted molar refractivity (Wildman–Crippen MR) is 122 cm³/mol. The number of nitrogens with zero attached hydrogens (tertiary/aromatic N) is 2. The van der Waals surface area contributed by atoms with Gasteiger partial charge < -0.3 is 5.32 Å². The highest BCUT2D eigenvalue weighted by Crippen LogP contribution is 2.23. The molecule has 31 heavy (non-hydrogen) atoms. The van der Waals surface area contributed by atoms with Crippen molar-refractivity contribution >= 4 is 21.6 Å². The number of carbonyl (C=O) groups excluding carboxylic acids is 1. The standard InChI is InChI=1S/C23H28N4O3S/c1-14-8-7-9-21(15(14)2)26-31(29,30)20-12-10-19(11-13-20)23(28)24-16(3)22-17(4)25-27(6)18(22)5/h7-13,16,26H,1-6H3,(H,24,28). The number of carbonyl (C=O) groups is 1. The normalized spacial score (nSPS) is 12.5. The van der Waals surface area contributed by atoms with Gasteiger partial charge in [0.05, 0.1) is 22.3 Å². The molecule has 8 heteroatoms. The molecule has 3 aromatic rings. The molecule has 0 aliphatic rings. The molecular weight excluding hydrogens is 412 g/mol. The molecule has 1 atom stereocenters. The van der Waals surface area contributed by atoms with Crippen molar-refractivity contribution in [2.75, 3.05) is 4.72 Å². The van der Waals surface area contributed by atoms with Crippen molar-refractivity contribution in [1.82, 2.24) is 15.1 Å². The van der Waals surface area contributed by atoms with Gasteiger partial charge in [-0.2, -0.15) is 5.10 Å². The van der Waals surface area contributed by atoms with Crippen LogP contribution < -0.4 is 10.0 Å². The first-order valence-corrected chi connectivity index (χ1v) is 11.5. The molecule has 1 unspecified atom stereocenters. The molecule has 0 spiro atoms. The minimum absolute atomic E-state index is 0.0944. The number of sulfonamides is 1. The largest absolute Gasteiger partial charge is 0.345 e. The second-order valence-corrected chi connectivity index (χ2v) is 9.46. The quantitative estimate of drug-likeness (QED) is 0.607. The van der Waals surface area contributed by atoms with E-state index in [1.807, 2.05) is 47.7 Å². The van der Waals surface area contributed by atoms with Gasteiger partial charge in [0.25, 0.3) is 15.9 Å². The molecule has 0 radical (unpaired) electrons. The van der Waals surface area contributed by atoms with Crippen molar-refractivity contribution in [3.8, 4) is 0 Å². The second kappa shape index (κ2) is 8.55. The van der Waals surface area contributed by atoms with Crippen LogP contribution in [0.15, 0.2) is 47.4 Å². The zero-order valence-electron chi connectivity index (χ0n) is 18.6. The van der Waals surface area contributed by atoms with E-state index in [0.29, 0.717) is 11.3 Å². The number of aryl methyl sites for hydroxylation is 3. The van der Waals surface area contributed by atoms with Crippen LogP contribution in [0.2, 0.25) is 0 Å². The molecule has 2 aromatic carbocycles. The maximum atomic E-state index is 12.8. The third-order valence-corrected chi connectivity index (χ3v) is 7.00. The topological polar surface area (TPSA) is 93.1 Å². The second-order valence-electron chi connectivity index (χ2n) is 7.78. The Labute approximate surface area is 183 Å². The molecule has 0 aliphatic carbocycles. The summed E-state index contributed by atoms with van der Waals surface area (Å²) in [5, 5.41) is 7.35. The van der Waals surface area contributed by atoms with Crippen LogP contribution in [0.1, 0.15) is 51.4 Å². The van der Waals surface area contributed by atoms with E-state index < -0.39 is 10.0 Å². The molecule has 2 N–H and O–H groups in total. The Bertz CT molecular complexity index is 1230. The van der Waals surface area contributed by atoms with E-state index in [9.17, 15) is 13.2 Å². The van der Waals surface area contributed by atoms with Crippen LogP contribution in [0.25, 0.3) is 0 Å². The summed E-state index contributed by atoms with van der Waals surface area (Å²) in [6.07, 6.45) is 0. The number of benzene rings is 2. The van der Waals surface area contributed by atoms with Gasteiger partial charge in [-0.05, 0) is 76.1 Å². The summed E-state index contributed by atoms with van der Waals surface area (Å²) in [7, 11) is -1.90. The number of hydrogen-bond donors (Lipinski definition) is 2. The van der Waals surface area contributed by atoms with Gasteiger partial charge in [0, 0.05) is 23.9 Å². The summed E-state index contributed by atoms with van der Waals surface area (Å²) in [5.74, 6) is -0.276. The number of aromatic nitrogens is 2. The summed E-state index contributed by atoms with van der Waals surface area (Å²) in [5.41, 5.74) is 5.64. The lowest BCUT2D eigenvalue weighted by atomic mass is 10.1. The van der Waals surface area contributed by atoms with E-state index in [1.165, 1.54) is 24.3 Å². The summed E-state index contributed by atoms with van der Waals surface area (Å²) < 4.78 is 29.9. The minimum atomic E-state index is -3.76. The van der Waals surface area contributed by atoms with Crippen LogP contribution in [0.4, 0.5) is 5.69 Å². The predicted octanol–water partition coefficient (Wildman–Crippen LogP) is 3.95. The lowest BCUT2D eigenvalue weighted by molar-refractivity contribution is 0.0939. The maximum absolute atomic E-state index is 12.8. The minimum Gasteiger partial charge on any atom is -0.345 e. The Morgan fingerprint density at radius 1 is 1.03 bits per heavy atom. The summed E-state index contributed by atoms with van der Waals surface area (Å²) in [4.78, 5) is 12.8. The Balaban J connectivity index is 1.76. The van der Waals surface area contributed by atoms with Gasteiger partial charge in [0.2, 0.25) is 0 Å². The molecule has 0 aliphatic heterocycles. The van der Waals surface area contributed by atoms with Crippen molar-refractivity contribution in [2.24, 2.45) is 7.05 Å². The number of amides is 1. The SMILES string of the molecule is Cc1cccc(NS(=O)(=O)c2ccc(C(=O)NC(C)c3c(C)nn(C)c3C)cc2)c1C. The smallest absolute Gasteiger partial charge is 0.261 e. The molecule has 0 saturated heterocycles. The first-order valence-electron chi connectivity index (χ1n) is 10.0. The van der Waals surface area contributed by atoms with Gasteiger partial charge in [-0.3, -0.25) is 14.2 Å². The first-order chi connectivity index (χ1) is 14.5. The van der Waals surface area contributed by atoms with Crippen LogP contribution in [0.3, 0.4) is 0 Å². The van der Waals surface area contributed by atoms with Gasteiger partial charge in [-0.15, -0.1) is 0 Å². The van der Waals surface area contributed by atoms with E-state index >= 15 is 0 Å². The highest BCUT2D eigenvalue weighted by atomic mass is 32.2. The highest BCUT2D eigenvalue weighted by Gasteiger charge is 2.20. The van der Waals surface area contributed by atoms with E-state index in [2.05, 4.69) is 15.1 Å². The molecule has 3 rings (SSSR count). The van der Waals surface area contributed by atoms with E-state index in [-0.39, 0.29) is 16.8 Å². The summed E-state index contributed by atoms with van der Waals surface area (Å²) in [6.45, 7) is 9.57. The van der Waals surface area contributed by atoms with E-state index in [0.717, 1.165) is 28.1 Å². The fraction of sp³-hybridized carbons (Fsp3) is 0.304. The average molecular weight is 441 g/mol. The van der Waals surface area contributed by atoms with E-state index in [4.69, 9.17) is 0 Å². The monoisotopic (exact) mass is 440 g/mol. The van der Waals surface area contributed by atoms with Gasteiger partial charge >= 0.3 is 0 Å². The molecule has 7 nitrogen and oxygen atoms in total. The third kappa shape index (κ3) is 4.64. The molecule has 164 valence electrons. The number of rotatable bonds is 6. The number of hydrogen-bond acceptors (Lipinski definition) is 4. The lowest BCUT2D eigenvalue weighted by Gasteiger charge is -2.15. The van der Waals surface area contributed by atoms with Crippen molar-refractivity contribution in [3.05, 3.63) is 76.1 Å². The Morgan fingerprint density at radius 3 is 2.26 bits per heavy atom. The summed E-state index contributed by atoms with van der Waals surface area (Å²) >= 11 is 0. The van der Waals surface area contributed by atoms with Crippen LogP contribution >= 0.6 is 0 Å². The molecular formula is C23H28N4O3S. The van der Waals surface area contributed by atoms with Gasteiger partial charge in [-0.25, -0.2) is 8.42 Å². The average Bonchev–Trinajstić information content (AvgIpc) is 2.97. The number of nitrogens with one attached hydrogen (secondary N) is 2. The molecule has 0 fully saturated rings. The van der Waals surface area contributed by atoms with E-state index in [1.54, 1.807) is 16.8 Å². The van der Waals surface area contributed by atoms with Crippen LogP contribution in [-0.2, 0) is 17.1 Å². The third-order valence-electron chi connectivity index (χ3n) is 5.62. The van der Waals surface area contributed by atoms with Crippen LogP contribution in [0, 0.1) is 27.7 Å². The maximum Gasteiger partial charge on any atom is 0.261 e. The Hall–Kier alpha value is -3.13. The first kappa shape index (κ1) is 22.6. The fourth-order valence-electron chi connectivity index (χ4n) is 3.62. The van der Waals surface area contributed by atoms with Gasteiger partial charge in [-0.1, -0.05) is 12.1 Å². The fourth-order valence-corrected chi connectivity index (χ4v) is 4.74. The Morgan fingerprint density at radius 2 is 1.68 bits per heavy atom. The summed E-state index contributed by atoms with van der Waals surface area (Å²) in [6, 6.07) is 11.1. The molecule has 1 heterocycles. The zero-order chi connectivity index (χ0) is 22.9. The van der Waals surface area contributed by atoms with Gasteiger partial charge in [0.15, 0.2) is 0 Å². The van der Waals surface area contributed by atoms with Gasteiger partial charge in [0.1, 0.15) is 0 Å². The van der Waals surface area contributed by atoms with Crippen molar-refractivity contribution in [1.29, 1.82) is 0 Å². The molecule has 1 aromatic heterocycles. The zero-order valence-corrected chi connectivity index (χ0v) is 19.5. The van der Waals surface area contributed by atoms with Crippen molar-refractivity contribution in [3.63, 3.8) is 0 Å². The lowest BCUT2D eigenvalue weighted by Crippen LogP contribution is -2.27. The highest BCUT2D eigenvalue weighted by molar-refractivity contribution is 7.92. The molecule has 0 saturated carbocycles. The van der Waals surface area contributed by atoms with Crippen LogP contribution in [-0.4, -0.2) is 24.1 Å². The van der Waals surface area contributed by atoms with Crippen molar-refractivity contribution < 1.29 is 13.2 Å². The van der Waals surface area contributed by atoms with Crippen molar-refractivity contribution in [2.45, 2.75) is 45.6 Å². The Kier molecular flexibility index (Phi) is 6.22. The molecule has 0 bridgehead atoms. The molecule has 1 amide bonds. The van der Waals surface area contributed by atoms with Crippen LogP contribution in [0.5, 0.6) is 0 Å². The number of anilines is 1.